The summed E-state index contributed by atoms with van der Waals surface area (Å²) in [6, 6.07) is 17.1. The average Bonchev–Trinajstić information content (AvgIpc) is 3.82. The van der Waals surface area contributed by atoms with Gasteiger partial charge in [-0.2, -0.15) is 0 Å². The fraction of sp³-hybridized carbons (Fsp3) is 0.500. The molecule has 2 aliphatic heterocycles. The van der Waals surface area contributed by atoms with E-state index in [4.69, 9.17) is 18.9 Å². The second-order valence-corrected chi connectivity index (χ2v) is 10.8. The molecule has 0 N–H and O–H groups in total. The van der Waals surface area contributed by atoms with Crippen LogP contribution in [0.1, 0.15) is 68.4 Å². The largest absolute Gasteiger partial charge is 0.491 e. The Hall–Kier alpha value is -2.56. The molecule has 6 rings (SSSR count). The third-order valence-electron chi connectivity index (χ3n) is 8.03. The number of hydrogen-bond donors (Lipinski definition) is 0. The Morgan fingerprint density at radius 2 is 1.64 bits per heavy atom. The van der Waals surface area contributed by atoms with Gasteiger partial charge < -0.3 is 18.9 Å². The summed E-state index contributed by atoms with van der Waals surface area (Å²) in [6.07, 6.45) is 18.0. The van der Waals surface area contributed by atoms with Crippen LogP contribution in [0.5, 0.6) is 11.5 Å². The van der Waals surface area contributed by atoms with Gasteiger partial charge in [0, 0.05) is 5.92 Å². The maximum Gasteiger partial charge on any atom is 0.130 e. The van der Waals surface area contributed by atoms with Gasteiger partial charge in [-0.25, -0.2) is 0 Å². The summed E-state index contributed by atoms with van der Waals surface area (Å²) in [6.45, 7) is 2.31. The molecule has 0 bridgehead atoms. The number of allylic oxidation sites excluding steroid dienone is 4. The van der Waals surface area contributed by atoms with Crippen LogP contribution < -0.4 is 9.47 Å². The molecule has 0 radical (unpaired) electrons. The van der Waals surface area contributed by atoms with Crippen molar-refractivity contribution in [3.05, 3.63) is 77.9 Å². The molecule has 3 fully saturated rings. The van der Waals surface area contributed by atoms with E-state index in [9.17, 15) is 0 Å². The van der Waals surface area contributed by atoms with E-state index in [-0.39, 0.29) is 18.3 Å². The molecule has 2 aromatic rings. The first-order valence-electron chi connectivity index (χ1n) is 13.9. The number of ether oxygens (including phenoxy) is 4. The number of hydrogen-bond acceptors (Lipinski definition) is 4. The molecule has 1 saturated carbocycles. The molecular formula is C32H38O4. The van der Waals surface area contributed by atoms with Crippen LogP contribution in [0.3, 0.4) is 0 Å². The molecular weight excluding hydrogens is 448 g/mol. The Morgan fingerprint density at radius 1 is 0.861 bits per heavy atom. The molecule has 4 heteroatoms. The van der Waals surface area contributed by atoms with E-state index >= 15 is 0 Å². The van der Waals surface area contributed by atoms with Crippen molar-refractivity contribution >= 4 is 5.57 Å². The third kappa shape index (κ3) is 6.22. The maximum atomic E-state index is 6.65. The number of rotatable bonds is 9. The van der Waals surface area contributed by atoms with Gasteiger partial charge >= 0.3 is 0 Å². The summed E-state index contributed by atoms with van der Waals surface area (Å²) >= 11 is 0. The molecule has 4 nitrogen and oxygen atoms in total. The summed E-state index contributed by atoms with van der Waals surface area (Å²) in [5, 5.41) is 0. The van der Waals surface area contributed by atoms with Crippen molar-refractivity contribution in [3.8, 4) is 11.5 Å². The standard InChI is InChI=1S/C32H38O4/c1-2-4-7-26(8-5-3-1)32(31-22-35-31)36-29-10-6-9-27(19-29)25-13-11-23(12-14-25)24-15-17-28(18-16-24)33-20-30-21-34-30/h6,9-11,13-19,23,26,30-32H,1-5,7-8,12,20-22H2. The minimum atomic E-state index is 0.183. The van der Waals surface area contributed by atoms with Crippen molar-refractivity contribution in [2.45, 2.75) is 75.6 Å². The predicted octanol–water partition coefficient (Wildman–Crippen LogP) is 7.10. The van der Waals surface area contributed by atoms with Crippen molar-refractivity contribution in [1.29, 1.82) is 0 Å². The topological polar surface area (TPSA) is 43.5 Å². The van der Waals surface area contributed by atoms with Crippen molar-refractivity contribution < 1.29 is 18.9 Å². The molecule has 2 aromatic carbocycles. The minimum Gasteiger partial charge on any atom is -0.491 e. The second-order valence-electron chi connectivity index (χ2n) is 10.8. The van der Waals surface area contributed by atoms with Gasteiger partial charge in [-0.15, -0.1) is 0 Å². The van der Waals surface area contributed by atoms with E-state index in [1.54, 1.807) is 0 Å². The highest BCUT2D eigenvalue weighted by Gasteiger charge is 2.39. The summed E-state index contributed by atoms with van der Waals surface area (Å²) in [7, 11) is 0. The van der Waals surface area contributed by atoms with Gasteiger partial charge in [-0.1, -0.05) is 74.6 Å². The van der Waals surface area contributed by atoms with Crippen LogP contribution in [-0.4, -0.2) is 38.1 Å². The average molecular weight is 487 g/mol. The van der Waals surface area contributed by atoms with E-state index in [2.05, 4.69) is 66.8 Å². The van der Waals surface area contributed by atoms with Crippen LogP contribution in [0.2, 0.25) is 0 Å². The van der Waals surface area contributed by atoms with Crippen LogP contribution in [0.25, 0.3) is 5.57 Å². The molecule has 190 valence electrons. The monoisotopic (exact) mass is 486 g/mol. The lowest BCUT2D eigenvalue weighted by Gasteiger charge is -2.28. The zero-order chi connectivity index (χ0) is 24.2. The molecule has 0 amide bonds. The van der Waals surface area contributed by atoms with Gasteiger partial charge in [-0.05, 0) is 66.1 Å². The highest BCUT2D eigenvalue weighted by atomic mass is 16.6. The normalized spacial score (nSPS) is 26.9. The van der Waals surface area contributed by atoms with Gasteiger partial charge in [0.2, 0.25) is 0 Å². The first-order valence-corrected chi connectivity index (χ1v) is 13.9. The van der Waals surface area contributed by atoms with Crippen LogP contribution in [0.15, 0.2) is 66.8 Å². The summed E-state index contributed by atoms with van der Waals surface area (Å²) in [5.74, 6) is 2.88. The lowest BCUT2D eigenvalue weighted by Crippen LogP contribution is -2.33. The third-order valence-corrected chi connectivity index (χ3v) is 8.03. The number of epoxide rings is 2. The Kier molecular flexibility index (Phi) is 7.43. The molecule has 2 saturated heterocycles. The Labute approximate surface area is 215 Å². The van der Waals surface area contributed by atoms with E-state index in [1.807, 2.05) is 0 Å². The van der Waals surface area contributed by atoms with Crippen molar-refractivity contribution in [1.82, 2.24) is 0 Å². The zero-order valence-corrected chi connectivity index (χ0v) is 21.1. The quantitative estimate of drug-likeness (QED) is 0.355. The van der Waals surface area contributed by atoms with Crippen molar-refractivity contribution in [2.75, 3.05) is 19.8 Å². The summed E-state index contributed by atoms with van der Waals surface area (Å²) in [4.78, 5) is 0. The second kappa shape index (κ2) is 11.2. The Balaban J connectivity index is 1.08. The van der Waals surface area contributed by atoms with Gasteiger partial charge in [0.15, 0.2) is 0 Å². The van der Waals surface area contributed by atoms with E-state index < -0.39 is 0 Å². The highest BCUT2D eigenvalue weighted by Crippen LogP contribution is 2.36. The van der Waals surface area contributed by atoms with E-state index in [0.29, 0.717) is 18.4 Å². The molecule has 2 heterocycles. The summed E-state index contributed by atoms with van der Waals surface area (Å²) in [5.41, 5.74) is 3.81. The molecule has 2 aliphatic carbocycles. The van der Waals surface area contributed by atoms with Gasteiger partial charge in [0.05, 0.1) is 13.2 Å². The van der Waals surface area contributed by atoms with Crippen molar-refractivity contribution in [2.24, 2.45) is 5.92 Å². The summed E-state index contributed by atoms with van der Waals surface area (Å²) < 4.78 is 23.4. The fourth-order valence-corrected chi connectivity index (χ4v) is 5.69. The van der Waals surface area contributed by atoms with Gasteiger partial charge in [0.1, 0.15) is 36.4 Å². The smallest absolute Gasteiger partial charge is 0.130 e. The van der Waals surface area contributed by atoms with Crippen molar-refractivity contribution in [3.63, 3.8) is 0 Å². The highest BCUT2D eigenvalue weighted by molar-refractivity contribution is 5.76. The molecule has 36 heavy (non-hydrogen) atoms. The first kappa shape index (κ1) is 23.8. The molecule has 4 atom stereocenters. The van der Waals surface area contributed by atoms with Gasteiger partial charge in [0.25, 0.3) is 0 Å². The van der Waals surface area contributed by atoms with Crippen LogP contribution >= 0.6 is 0 Å². The van der Waals surface area contributed by atoms with Crippen LogP contribution in [0, 0.1) is 5.92 Å². The maximum absolute atomic E-state index is 6.65. The van der Waals surface area contributed by atoms with Crippen LogP contribution in [0.4, 0.5) is 0 Å². The van der Waals surface area contributed by atoms with Crippen LogP contribution in [-0.2, 0) is 9.47 Å². The Morgan fingerprint density at radius 3 is 2.33 bits per heavy atom. The predicted molar refractivity (Wildman–Crippen MR) is 143 cm³/mol. The number of benzene rings is 2. The molecule has 4 aliphatic rings. The fourth-order valence-electron chi connectivity index (χ4n) is 5.69. The lowest BCUT2D eigenvalue weighted by atomic mass is 9.86. The minimum absolute atomic E-state index is 0.183. The lowest BCUT2D eigenvalue weighted by molar-refractivity contribution is 0.0853. The van der Waals surface area contributed by atoms with E-state index in [1.165, 1.54) is 61.6 Å². The zero-order valence-electron chi connectivity index (χ0n) is 21.1. The molecule has 4 unspecified atom stereocenters. The molecule has 0 aromatic heterocycles. The molecule has 0 spiro atoms. The van der Waals surface area contributed by atoms with Gasteiger partial charge in [-0.3, -0.25) is 0 Å². The van der Waals surface area contributed by atoms with E-state index in [0.717, 1.165) is 31.1 Å². The Bertz CT molecular complexity index is 1060. The SMILES string of the molecule is C1=CC(c2ccc(OCC3CO3)cc2)CC=C1c1cccc(OC(C2CCCCCCC2)C2CO2)c1. The first-order chi connectivity index (χ1) is 17.8.